The Labute approximate surface area is 180 Å². The molecule has 7 heteroatoms. The number of hydrogen-bond acceptors (Lipinski definition) is 5. The van der Waals surface area contributed by atoms with Gasteiger partial charge >= 0.3 is 6.09 Å². The standard InChI is InChI=1S/C24H22N2O5/c1-17-6-8-19(9-7-17)31-20-12-10-18(11-13-20)30-16-23(27)25-21-4-2-3-5-22(21)26-14-15-29-24(26)28/h2-13H,14-16H2,1H3,(H,25,27). The first-order valence-electron chi connectivity index (χ1n) is 9.89. The molecule has 3 aromatic carbocycles. The molecule has 0 bridgehead atoms. The zero-order valence-electron chi connectivity index (χ0n) is 17.0. The van der Waals surface area contributed by atoms with Crippen molar-refractivity contribution in [1.82, 2.24) is 0 Å². The Morgan fingerprint density at radius 1 is 0.968 bits per heavy atom. The molecule has 0 spiro atoms. The molecule has 1 aliphatic rings. The molecule has 1 N–H and O–H groups in total. The van der Waals surface area contributed by atoms with Crippen LogP contribution in [0.2, 0.25) is 0 Å². The number of anilines is 2. The van der Waals surface area contributed by atoms with Gasteiger partial charge in [0.2, 0.25) is 0 Å². The average molecular weight is 418 g/mol. The highest BCUT2D eigenvalue weighted by molar-refractivity contribution is 6.00. The molecule has 1 heterocycles. The molecular formula is C24H22N2O5. The number of para-hydroxylation sites is 2. The van der Waals surface area contributed by atoms with Crippen molar-refractivity contribution in [3.63, 3.8) is 0 Å². The monoisotopic (exact) mass is 418 g/mol. The van der Waals surface area contributed by atoms with E-state index in [9.17, 15) is 9.59 Å². The summed E-state index contributed by atoms with van der Waals surface area (Å²) in [7, 11) is 0. The second kappa shape index (κ2) is 9.21. The minimum absolute atomic E-state index is 0.170. The van der Waals surface area contributed by atoms with Crippen LogP contribution in [-0.4, -0.2) is 31.8 Å². The van der Waals surface area contributed by atoms with Gasteiger partial charge in [0, 0.05) is 0 Å². The van der Waals surface area contributed by atoms with Gasteiger partial charge in [0.25, 0.3) is 5.91 Å². The summed E-state index contributed by atoms with van der Waals surface area (Å²) in [6.07, 6.45) is -0.425. The fourth-order valence-electron chi connectivity index (χ4n) is 3.11. The lowest BCUT2D eigenvalue weighted by atomic mass is 10.2. The van der Waals surface area contributed by atoms with E-state index < -0.39 is 6.09 Å². The quantitative estimate of drug-likeness (QED) is 0.599. The van der Waals surface area contributed by atoms with E-state index in [0.717, 1.165) is 11.3 Å². The maximum atomic E-state index is 12.4. The lowest BCUT2D eigenvalue weighted by Gasteiger charge is -2.17. The van der Waals surface area contributed by atoms with E-state index in [4.69, 9.17) is 14.2 Å². The van der Waals surface area contributed by atoms with Gasteiger partial charge in [0.1, 0.15) is 23.9 Å². The van der Waals surface area contributed by atoms with Crippen LogP contribution in [0.15, 0.2) is 72.8 Å². The lowest BCUT2D eigenvalue weighted by molar-refractivity contribution is -0.118. The highest BCUT2D eigenvalue weighted by Crippen LogP contribution is 2.28. The zero-order valence-corrected chi connectivity index (χ0v) is 17.0. The van der Waals surface area contributed by atoms with Gasteiger partial charge in [-0.3, -0.25) is 9.69 Å². The smallest absolute Gasteiger partial charge is 0.414 e. The summed E-state index contributed by atoms with van der Waals surface area (Å²) in [6, 6.07) is 21.9. The number of nitrogens with zero attached hydrogens (tertiary/aromatic N) is 1. The van der Waals surface area contributed by atoms with Crippen LogP contribution in [0, 0.1) is 6.92 Å². The normalized spacial score (nSPS) is 12.9. The summed E-state index contributed by atoms with van der Waals surface area (Å²) in [5, 5.41) is 2.79. The Bertz CT molecular complexity index is 1060. The zero-order chi connectivity index (χ0) is 21.6. The molecule has 7 nitrogen and oxygen atoms in total. The number of amides is 2. The van der Waals surface area contributed by atoms with E-state index in [-0.39, 0.29) is 12.5 Å². The molecule has 2 amide bonds. The number of nitrogens with one attached hydrogen (secondary N) is 1. The molecular weight excluding hydrogens is 396 g/mol. The number of hydrogen-bond donors (Lipinski definition) is 1. The Morgan fingerprint density at radius 3 is 2.29 bits per heavy atom. The number of rotatable bonds is 7. The van der Waals surface area contributed by atoms with Crippen LogP contribution in [0.5, 0.6) is 17.2 Å². The lowest BCUT2D eigenvalue weighted by Crippen LogP contribution is -2.26. The van der Waals surface area contributed by atoms with Crippen molar-refractivity contribution in [1.29, 1.82) is 0 Å². The van der Waals surface area contributed by atoms with Crippen molar-refractivity contribution in [3.8, 4) is 17.2 Å². The first-order valence-corrected chi connectivity index (χ1v) is 9.89. The molecule has 0 unspecified atom stereocenters. The summed E-state index contributed by atoms with van der Waals surface area (Å²) in [4.78, 5) is 25.7. The number of carbonyl (C=O) groups excluding carboxylic acids is 2. The molecule has 158 valence electrons. The van der Waals surface area contributed by atoms with Crippen molar-refractivity contribution in [2.45, 2.75) is 6.92 Å². The number of ether oxygens (including phenoxy) is 3. The van der Waals surface area contributed by atoms with Crippen LogP contribution in [-0.2, 0) is 9.53 Å². The third kappa shape index (κ3) is 5.14. The Kier molecular flexibility index (Phi) is 6.03. The Balaban J connectivity index is 1.32. The number of aryl methyl sites for hydroxylation is 1. The van der Waals surface area contributed by atoms with Gasteiger partial charge in [-0.1, -0.05) is 29.8 Å². The summed E-state index contributed by atoms with van der Waals surface area (Å²) < 4.78 is 16.3. The number of carbonyl (C=O) groups is 2. The van der Waals surface area contributed by atoms with Gasteiger partial charge in [-0.25, -0.2) is 4.79 Å². The molecule has 3 aromatic rings. The highest BCUT2D eigenvalue weighted by Gasteiger charge is 2.25. The third-order valence-electron chi connectivity index (χ3n) is 4.68. The molecule has 0 saturated carbocycles. The molecule has 31 heavy (non-hydrogen) atoms. The van der Waals surface area contributed by atoms with Crippen LogP contribution in [0.25, 0.3) is 0 Å². The average Bonchev–Trinajstić information content (AvgIpc) is 3.21. The van der Waals surface area contributed by atoms with E-state index in [0.29, 0.717) is 36.0 Å². The minimum Gasteiger partial charge on any atom is -0.484 e. The van der Waals surface area contributed by atoms with Gasteiger partial charge in [0.15, 0.2) is 6.61 Å². The van der Waals surface area contributed by atoms with Gasteiger partial charge < -0.3 is 19.5 Å². The molecule has 0 radical (unpaired) electrons. The highest BCUT2D eigenvalue weighted by atomic mass is 16.6. The SMILES string of the molecule is Cc1ccc(Oc2ccc(OCC(=O)Nc3ccccc3N3CCOC3=O)cc2)cc1. The first-order chi connectivity index (χ1) is 15.1. The number of benzene rings is 3. The van der Waals surface area contributed by atoms with E-state index in [2.05, 4.69) is 5.32 Å². The fraction of sp³-hybridized carbons (Fsp3) is 0.167. The predicted octanol–water partition coefficient (Wildman–Crippen LogP) is 4.76. The topological polar surface area (TPSA) is 77.1 Å². The molecule has 1 saturated heterocycles. The third-order valence-corrected chi connectivity index (χ3v) is 4.68. The minimum atomic E-state index is -0.425. The summed E-state index contributed by atoms with van der Waals surface area (Å²) in [6.45, 7) is 2.62. The fourth-order valence-corrected chi connectivity index (χ4v) is 3.11. The van der Waals surface area contributed by atoms with Crippen LogP contribution < -0.4 is 19.7 Å². The molecule has 1 fully saturated rings. The van der Waals surface area contributed by atoms with E-state index >= 15 is 0 Å². The summed E-state index contributed by atoms with van der Waals surface area (Å²) in [5.74, 6) is 1.63. The Hall–Kier alpha value is -4.00. The van der Waals surface area contributed by atoms with E-state index in [1.807, 2.05) is 31.2 Å². The van der Waals surface area contributed by atoms with E-state index in [1.54, 1.807) is 48.5 Å². The second-order valence-corrected chi connectivity index (χ2v) is 7.01. The Morgan fingerprint density at radius 2 is 1.61 bits per heavy atom. The van der Waals surface area contributed by atoms with Gasteiger partial charge in [0.05, 0.1) is 17.9 Å². The number of cyclic esters (lactones) is 1. The second-order valence-electron chi connectivity index (χ2n) is 7.01. The van der Waals surface area contributed by atoms with Gasteiger partial charge in [-0.15, -0.1) is 0 Å². The van der Waals surface area contributed by atoms with Crippen molar-refractivity contribution in [3.05, 3.63) is 78.4 Å². The molecule has 0 aromatic heterocycles. The van der Waals surface area contributed by atoms with Crippen molar-refractivity contribution in [2.24, 2.45) is 0 Å². The van der Waals surface area contributed by atoms with Crippen LogP contribution in [0.3, 0.4) is 0 Å². The maximum Gasteiger partial charge on any atom is 0.414 e. The molecule has 0 atom stereocenters. The maximum absolute atomic E-state index is 12.4. The molecule has 4 rings (SSSR count). The van der Waals surface area contributed by atoms with Gasteiger partial charge in [-0.05, 0) is 55.5 Å². The summed E-state index contributed by atoms with van der Waals surface area (Å²) in [5.41, 5.74) is 2.28. The molecule has 1 aliphatic heterocycles. The first kappa shape index (κ1) is 20.3. The molecule has 0 aliphatic carbocycles. The van der Waals surface area contributed by atoms with Crippen LogP contribution >= 0.6 is 0 Å². The van der Waals surface area contributed by atoms with Crippen molar-refractivity contribution < 1.29 is 23.8 Å². The predicted molar refractivity (Wildman–Crippen MR) is 117 cm³/mol. The van der Waals surface area contributed by atoms with Crippen molar-refractivity contribution >= 4 is 23.4 Å². The summed E-state index contributed by atoms with van der Waals surface area (Å²) >= 11 is 0. The van der Waals surface area contributed by atoms with Crippen LogP contribution in [0.1, 0.15) is 5.56 Å². The van der Waals surface area contributed by atoms with Crippen molar-refractivity contribution in [2.75, 3.05) is 30.0 Å². The van der Waals surface area contributed by atoms with E-state index in [1.165, 1.54) is 4.90 Å². The van der Waals surface area contributed by atoms with Crippen LogP contribution in [0.4, 0.5) is 16.2 Å². The largest absolute Gasteiger partial charge is 0.484 e. The van der Waals surface area contributed by atoms with Gasteiger partial charge in [-0.2, -0.15) is 0 Å².